The molecule has 0 aromatic heterocycles. The van der Waals surface area contributed by atoms with Crippen LogP contribution in [0.2, 0.25) is 0 Å². The van der Waals surface area contributed by atoms with Crippen LogP contribution >= 0.6 is 0 Å². The third-order valence-corrected chi connectivity index (χ3v) is 5.72. The molecule has 1 aliphatic rings. The van der Waals surface area contributed by atoms with Crippen LogP contribution in [0.1, 0.15) is 44.0 Å². The molecular formula is C25H33F3N4O. The number of benzene rings is 2. The second-order valence-corrected chi connectivity index (χ2v) is 9.90. The van der Waals surface area contributed by atoms with E-state index in [-0.39, 0.29) is 17.4 Å². The van der Waals surface area contributed by atoms with Gasteiger partial charge in [-0.1, -0.05) is 32.9 Å². The number of carbonyl (C=O) groups is 1. The number of hydrogen-bond donors (Lipinski definition) is 2. The number of para-hydroxylation sites is 2. The van der Waals surface area contributed by atoms with Gasteiger partial charge in [-0.3, -0.25) is 4.79 Å². The zero-order chi connectivity index (χ0) is 24.2. The van der Waals surface area contributed by atoms with Crippen molar-refractivity contribution < 1.29 is 18.0 Å². The third-order valence-electron chi connectivity index (χ3n) is 5.72. The van der Waals surface area contributed by atoms with Crippen molar-refractivity contribution in [3.8, 4) is 0 Å². The fourth-order valence-corrected chi connectivity index (χ4v) is 4.29. The minimum absolute atomic E-state index is 0.152. The van der Waals surface area contributed by atoms with Crippen LogP contribution in [-0.4, -0.2) is 49.2 Å². The molecule has 0 atom stereocenters. The molecule has 0 aliphatic carbocycles. The number of nitrogen functional groups attached to an aromatic ring is 1. The van der Waals surface area contributed by atoms with E-state index >= 15 is 0 Å². The van der Waals surface area contributed by atoms with E-state index in [1.54, 1.807) is 48.5 Å². The molecule has 1 fully saturated rings. The molecule has 2 aromatic rings. The van der Waals surface area contributed by atoms with E-state index in [0.29, 0.717) is 35.5 Å². The van der Waals surface area contributed by atoms with E-state index in [2.05, 4.69) is 31.0 Å². The molecule has 0 saturated carbocycles. The highest BCUT2D eigenvalue weighted by Gasteiger charge is 2.35. The van der Waals surface area contributed by atoms with Crippen LogP contribution in [-0.2, 0) is 0 Å². The molecular weight excluding hydrogens is 429 g/mol. The molecule has 0 bridgehead atoms. The number of amides is 1. The van der Waals surface area contributed by atoms with Gasteiger partial charge in [0.05, 0.1) is 11.4 Å². The molecule has 3 N–H and O–H groups in total. The normalized spacial score (nSPS) is 15.9. The third kappa shape index (κ3) is 7.39. The van der Waals surface area contributed by atoms with Crippen molar-refractivity contribution in [2.45, 2.75) is 45.8 Å². The van der Waals surface area contributed by atoms with Gasteiger partial charge in [-0.25, -0.2) is 0 Å². The molecule has 33 heavy (non-hydrogen) atoms. The van der Waals surface area contributed by atoms with Crippen molar-refractivity contribution in [1.82, 2.24) is 4.90 Å². The second-order valence-electron chi connectivity index (χ2n) is 9.90. The monoisotopic (exact) mass is 462 g/mol. The fraction of sp³-hybridized carbons (Fsp3) is 0.480. The Labute approximate surface area is 193 Å². The maximum absolute atomic E-state index is 13.4. The highest BCUT2D eigenvalue weighted by atomic mass is 19.4. The standard InChI is InChI=1S/C25H33F3N4O/c1-24(2,3)16-31-14-12-20(13-15-31)32(17-25(26,27)28)19-10-8-18(9-11-19)23(33)30-22-7-5-4-6-21(22)29/h4-11,20H,12-17,29H2,1-3H3,(H,30,33). The lowest BCUT2D eigenvalue weighted by molar-refractivity contribution is -0.121. The summed E-state index contributed by atoms with van der Waals surface area (Å²) in [5.41, 5.74) is 7.78. The summed E-state index contributed by atoms with van der Waals surface area (Å²) in [6, 6.07) is 13.0. The zero-order valence-corrected chi connectivity index (χ0v) is 19.5. The van der Waals surface area contributed by atoms with Gasteiger partial charge >= 0.3 is 6.18 Å². The minimum atomic E-state index is -4.32. The van der Waals surface area contributed by atoms with Crippen LogP contribution in [0.15, 0.2) is 48.5 Å². The summed E-state index contributed by atoms with van der Waals surface area (Å²) in [4.78, 5) is 16.3. The molecule has 5 nitrogen and oxygen atoms in total. The Balaban J connectivity index is 1.71. The summed E-state index contributed by atoms with van der Waals surface area (Å²) < 4.78 is 40.2. The Kier molecular flexibility index (Phi) is 7.57. The van der Waals surface area contributed by atoms with Gasteiger partial charge in [0.2, 0.25) is 0 Å². The molecule has 0 spiro atoms. The molecule has 3 rings (SSSR count). The van der Waals surface area contributed by atoms with Crippen LogP contribution in [0.3, 0.4) is 0 Å². The maximum Gasteiger partial charge on any atom is 0.405 e. The number of nitrogens with zero attached hydrogens (tertiary/aromatic N) is 2. The number of nitrogens with one attached hydrogen (secondary N) is 1. The van der Waals surface area contributed by atoms with Crippen molar-refractivity contribution in [2.24, 2.45) is 5.41 Å². The predicted octanol–water partition coefficient (Wildman–Crippen LogP) is 5.40. The molecule has 2 aromatic carbocycles. The lowest BCUT2D eigenvalue weighted by atomic mass is 9.93. The lowest BCUT2D eigenvalue weighted by Gasteiger charge is -2.41. The Bertz CT molecular complexity index is 930. The largest absolute Gasteiger partial charge is 0.405 e. The van der Waals surface area contributed by atoms with E-state index in [0.717, 1.165) is 19.6 Å². The SMILES string of the molecule is CC(C)(C)CN1CCC(N(CC(F)(F)F)c2ccc(C(=O)Nc3ccccc3N)cc2)CC1. The van der Waals surface area contributed by atoms with Crippen molar-refractivity contribution in [2.75, 3.05) is 42.1 Å². The van der Waals surface area contributed by atoms with Crippen LogP contribution in [0.5, 0.6) is 0 Å². The Morgan fingerprint density at radius 1 is 1.06 bits per heavy atom. The number of likely N-dealkylation sites (tertiary alicyclic amines) is 1. The van der Waals surface area contributed by atoms with E-state index in [4.69, 9.17) is 5.73 Å². The van der Waals surface area contributed by atoms with Gasteiger partial charge in [0.15, 0.2) is 0 Å². The molecule has 1 amide bonds. The fourth-order valence-electron chi connectivity index (χ4n) is 4.29. The van der Waals surface area contributed by atoms with E-state index in [1.807, 2.05) is 0 Å². The molecule has 8 heteroatoms. The van der Waals surface area contributed by atoms with E-state index in [1.165, 1.54) is 4.90 Å². The zero-order valence-electron chi connectivity index (χ0n) is 19.5. The number of alkyl halides is 3. The minimum Gasteiger partial charge on any atom is -0.397 e. The Morgan fingerprint density at radius 3 is 2.21 bits per heavy atom. The summed E-state index contributed by atoms with van der Waals surface area (Å²) in [5.74, 6) is -0.364. The molecule has 1 saturated heterocycles. The van der Waals surface area contributed by atoms with Gasteiger partial charge in [0.1, 0.15) is 6.54 Å². The van der Waals surface area contributed by atoms with Gasteiger partial charge in [-0.15, -0.1) is 0 Å². The van der Waals surface area contributed by atoms with E-state index in [9.17, 15) is 18.0 Å². The number of hydrogen-bond acceptors (Lipinski definition) is 4. The molecule has 180 valence electrons. The van der Waals surface area contributed by atoms with Crippen molar-refractivity contribution in [3.05, 3.63) is 54.1 Å². The summed E-state index contributed by atoms with van der Waals surface area (Å²) in [7, 11) is 0. The molecule has 0 unspecified atom stereocenters. The number of nitrogens with two attached hydrogens (primary N) is 1. The molecule has 1 heterocycles. The highest BCUT2D eigenvalue weighted by molar-refractivity contribution is 6.05. The first kappa shape index (κ1) is 24.9. The lowest BCUT2D eigenvalue weighted by Crippen LogP contribution is -2.49. The number of rotatable bonds is 6. The number of halogens is 3. The smallest absolute Gasteiger partial charge is 0.397 e. The average Bonchev–Trinajstić information content (AvgIpc) is 2.73. The quantitative estimate of drug-likeness (QED) is 0.565. The molecule has 0 radical (unpaired) electrons. The summed E-state index contributed by atoms with van der Waals surface area (Å²) in [6.07, 6.45) is -2.98. The van der Waals surface area contributed by atoms with Crippen molar-refractivity contribution >= 4 is 23.0 Å². The first-order valence-corrected chi connectivity index (χ1v) is 11.2. The van der Waals surface area contributed by atoms with Crippen LogP contribution < -0.4 is 16.0 Å². The van der Waals surface area contributed by atoms with Crippen molar-refractivity contribution in [1.29, 1.82) is 0 Å². The first-order valence-electron chi connectivity index (χ1n) is 11.2. The number of piperidine rings is 1. The van der Waals surface area contributed by atoms with Crippen LogP contribution in [0, 0.1) is 5.41 Å². The molecule has 1 aliphatic heterocycles. The Hall–Kier alpha value is -2.74. The average molecular weight is 463 g/mol. The maximum atomic E-state index is 13.4. The van der Waals surface area contributed by atoms with Crippen LogP contribution in [0.25, 0.3) is 0 Å². The number of carbonyl (C=O) groups excluding carboxylic acids is 1. The van der Waals surface area contributed by atoms with Crippen molar-refractivity contribution in [3.63, 3.8) is 0 Å². The summed E-state index contributed by atoms with van der Waals surface area (Å²) in [6.45, 7) is 7.96. The highest BCUT2D eigenvalue weighted by Crippen LogP contribution is 2.30. The summed E-state index contributed by atoms with van der Waals surface area (Å²) >= 11 is 0. The van der Waals surface area contributed by atoms with Crippen LogP contribution in [0.4, 0.5) is 30.2 Å². The van der Waals surface area contributed by atoms with Gasteiger partial charge in [0, 0.05) is 36.9 Å². The Morgan fingerprint density at radius 2 is 1.67 bits per heavy atom. The topological polar surface area (TPSA) is 61.6 Å². The van der Waals surface area contributed by atoms with E-state index < -0.39 is 12.7 Å². The first-order chi connectivity index (χ1) is 15.4. The summed E-state index contributed by atoms with van der Waals surface area (Å²) in [5, 5.41) is 2.74. The second kappa shape index (κ2) is 10.0. The number of anilines is 3. The van der Waals surface area contributed by atoms with Gasteiger partial charge in [0.25, 0.3) is 5.91 Å². The van der Waals surface area contributed by atoms with Gasteiger partial charge in [-0.05, 0) is 54.7 Å². The van der Waals surface area contributed by atoms with Gasteiger partial charge in [-0.2, -0.15) is 13.2 Å². The van der Waals surface area contributed by atoms with Gasteiger partial charge < -0.3 is 20.9 Å². The predicted molar refractivity (Wildman–Crippen MR) is 128 cm³/mol.